The molecular weight excluding hydrogens is 1530 g/mol. The van der Waals surface area contributed by atoms with Crippen molar-refractivity contribution in [3.63, 3.8) is 0 Å². The number of anilines is 1. The third kappa shape index (κ3) is 31.7. The van der Waals surface area contributed by atoms with Crippen molar-refractivity contribution >= 4 is 100 Å². The lowest BCUT2D eigenvalue weighted by Crippen LogP contribution is -2.64. The van der Waals surface area contributed by atoms with Crippen LogP contribution in [0.2, 0.25) is 0 Å². The Bertz CT molecular complexity index is 3550. The maximum atomic E-state index is 14.9. The molecule has 0 radical (unpaired) electrons. The van der Waals surface area contributed by atoms with Gasteiger partial charge in [0.1, 0.15) is 78.3 Å². The van der Waals surface area contributed by atoms with Crippen molar-refractivity contribution in [2.75, 3.05) is 31.5 Å². The number of esters is 1. The molecule has 0 spiro atoms. The summed E-state index contributed by atoms with van der Waals surface area (Å²) in [6.07, 6.45) is -8.17. The average Bonchev–Trinajstić information content (AvgIpc) is 1.62. The number of ether oxygens (including phenoxy) is 1. The van der Waals surface area contributed by atoms with E-state index in [0.29, 0.717) is 17.7 Å². The van der Waals surface area contributed by atoms with Gasteiger partial charge in [0.2, 0.25) is 82.7 Å². The normalized spacial score (nSPS) is 26.9. The van der Waals surface area contributed by atoms with Crippen LogP contribution < -0.4 is 70.0 Å². The van der Waals surface area contributed by atoms with Gasteiger partial charge >= 0.3 is 11.9 Å². The summed E-state index contributed by atoms with van der Waals surface area (Å²) >= 11 is 0. The van der Waals surface area contributed by atoms with E-state index in [1.165, 1.54) is 26.0 Å². The number of primary amides is 1. The Morgan fingerprint density at radius 1 is 0.578 bits per heavy atom. The molecule has 116 heavy (non-hydrogen) atoms. The van der Waals surface area contributed by atoms with Gasteiger partial charge in [-0.2, -0.15) is 0 Å². The number of nitrogens with one attached hydrogen (secondary N) is 11. The minimum absolute atomic E-state index is 0.0303. The molecule has 0 bridgehead atoms. The van der Waals surface area contributed by atoms with Gasteiger partial charge in [-0.05, 0) is 96.9 Å². The molecule has 41 heteroatoms. The SMILES string of the molecule is CCCCCCCCCCCCC[C@@H]1CC(=O)N[C@H]([C@@H](C)O)C(=O)N[C@H](C)C(=O)N[C@@H](Cc2ccc(O)c(NC(=O)CCC(=O)O)c2)C(=O)N[C@@H](C(C)C)C(=O)N2C[C@H](O)C[C@H]2C(=O)N[C@H]([C@@H](C)O)C(=O)N[C@@H]([C@@H](C)O)C(=O)N2CC[C@H](O)[C@H]2C(=O)N[C@@H]([C@H](O)CC(N)=O)C(=O)NCC(=O)N[C@H]([C@@H](C)O)C(=O)N[C@@H](CCCN)C(=O)O1. The van der Waals surface area contributed by atoms with Gasteiger partial charge < -0.3 is 130 Å². The van der Waals surface area contributed by atoms with Crippen molar-refractivity contribution in [3.8, 4) is 5.75 Å². The van der Waals surface area contributed by atoms with Gasteiger partial charge in [0.25, 0.3) is 0 Å². The lowest BCUT2D eigenvalue weighted by atomic mass is 9.99. The van der Waals surface area contributed by atoms with Crippen molar-refractivity contribution in [1.82, 2.24) is 63.0 Å². The molecule has 1 aromatic rings. The first-order valence-corrected chi connectivity index (χ1v) is 39.5. The first-order chi connectivity index (χ1) is 54.6. The van der Waals surface area contributed by atoms with Gasteiger partial charge in [-0.3, -0.25) is 71.9 Å². The molecular formula is C75H121N15O26. The van der Waals surface area contributed by atoms with Crippen molar-refractivity contribution in [2.45, 2.75) is 306 Å². The quantitative estimate of drug-likeness (QED) is 0.0202. The van der Waals surface area contributed by atoms with Crippen LogP contribution in [0.5, 0.6) is 5.75 Å². The lowest BCUT2D eigenvalue weighted by molar-refractivity contribution is -0.155. The second-order valence-corrected chi connectivity index (χ2v) is 30.3. The van der Waals surface area contributed by atoms with Crippen LogP contribution in [0.1, 0.15) is 189 Å². The van der Waals surface area contributed by atoms with E-state index >= 15 is 0 Å². The number of rotatable bonds is 29. The van der Waals surface area contributed by atoms with Crippen LogP contribution in [0.4, 0.5) is 5.69 Å². The van der Waals surface area contributed by atoms with E-state index in [-0.39, 0.29) is 43.5 Å². The number of cyclic esters (lactones) is 1. The van der Waals surface area contributed by atoms with Crippen molar-refractivity contribution in [1.29, 1.82) is 0 Å². The molecule has 3 saturated heterocycles. The van der Waals surface area contributed by atoms with Crippen LogP contribution in [-0.2, 0) is 87.9 Å². The molecule has 0 aromatic heterocycles. The summed E-state index contributed by atoms with van der Waals surface area (Å²) in [6.45, 7) is 8.25. The Balaban J connectivity index is 1.85. The number of benzene rings is 1. The summed E-state index contributed by atoms with van der Waals surface area (Å²) in [5, 5.41) is 123. The number of aliphatic hydroxyl groups is 7. The summed E-state index contributed by atoms with van der Waals surface area (Å²) in [5.74, 6) is -20.4. The van der Waals surface area contributed by atoms with E-state index in [1.807, 2.05) is 0 Å². The van der Waals surface area contributed by atoms with Gasteiger partial charge in [-0.25, -0.2) is 4.79 Å². The topological polar surface area (TPSA) is 655 Å². The molecule has 0 aliphatic carbocycles. The number of carboxylic acid groups (broad SMARTS) is 1. The summed E-state index contributed by atoms with van der Waals surface area (Å²) in [7, 11) is 0. The fourth-order valence-electron chi connectivity index (χ4n) is 13.4. The van der Waals surface area contributed by atoms with Gasteiger partial charge in [0, 0.05) is 32.4 Å². The smallest absolute Gasteiger partial charge is 0.328 e. The zero-order valence-electron chi connectivity index (χ0n) is 67.0. The molecule has 4 rings (SSSR count). The molecule has 3 aliphatic rings. The van der Waals surface area contributed by atoms with E-state index in [9.17, 15) is 123 Å². The summed E-state index contributed by atoms with van der Waals surface area (Å²) < 4.78 is 5.95. The third-order valence-electron chi connectivity index (χ3n) is 19.9. The maximum Gasteiger partial charge on any atom is 0.328 e. The van der Waals surface area contributed by atoms with Gasteiger partial charge in [-0.15, -0.1) is 0 Å². The Morgan fingerprint density at radius 2 is 1.10 bits per heavy atom. The van der Waals surface area contributed by atoms with E-state index < -0.39 is 280 Å². The molecule has 41 nitrogen and oxygen atoms in total. The minimum atomic E-state index is -2.24. The van der Waals surface area contributed by atoms with Crippen LogP contribution in [-0.4, -0.2) is 292 Å². The van der Waals surface area contributed by atoms with Gasteiger partial charge in [0.15, 0.2) is 0 Å². The number of fused-ring (bicyclic) bond motifs is 2. The van der Waals surface area contributed by atoms with Crippen molar-refractivity contribution < 1.29 is 127 Å². The third-order valence-corrected chi connectivity index (χ3v) is 19.9. The molecule has 3 aliphatic heterocycles. The highest BCUT2D eigenvalue weighted by Gasteiger charge is 2.49. The fraction of sp³-hybridized carbons (Fsp3) is 0.707. The standard InChI is InChI=1S/C75H121N15O26/c1-9-10-11-12-13-14-15-16-17-18-19-21-45-33-55(101)83-59(39(5)91)69(109)79-38(4)65(105)82-48(31-43-23-24-50(96)47(30-43)80-54(100)25-26-57(103)104)66(106)85-58(37(2)3)73(113)90-36-44(95)32-49(90)67(107)86-61(41(7)93)71(111)87-62(42(8)94)74(114)89-29-27-51(97)64(89)72(112)88-63(52(98)34-53(77)99)68(108)78-35-56(102)84-60(40(6)92)70(110)81-46(22-20-28-76)75(115)116-45/h23-24,30,37-42,44-46,48-49,51-52,58-64,91-98H,9-22,25-29,31-36,76H2,1-8H3,(H2,77,99)(H,78,108)(H,79,109)(H,80,100)(H,81,110)(H,82,105)(H,83,101)(H,84,102)(H,85,106)(H,86,107)(H,87,111)(H,88,112)(H,103,104)/t38-,39-,40-,41-,42-,44-,45-,46+,48+,49+,51+,52-,58+,59-,60-,61-,62+,63+,64+/m1/s1. The number of carbonyl (C=O) groups is 16. The predicted octanol–water partition coefficient (Wildman–Crippen LogP) is -5.67. The molecule has 0 unspecified atom stereocenters. The maximum absolute atomic E-state index is 14.9. The molecule has 3 heterocycles. The number of hydrogen-bond donors (Lipinski definition) is 22. The van der Waals surface area contributed by atoms with E-state index in [4.69, 9.17) is 16.2 Å². The number of hydrogen-bond acceptors (Lipinski definition) is 26. The first kappa shape index (κ1) is 98.6. The average molecular weight is 1650 g/mol. The molecule has 652 valence electrons. The largest absolute Gasteiger partial charge is 0.506 e. The molecule has 14 amide bonds. The number of amides is 14. The highest BCUT2D eigenvalue weighted by molar-refractivity contribution is 6.01. The molecule has 1 aromatic carbocycles. The van der Waals surface area contributed by atoms with Crippen molar-refractivity contribution in [2.24, 2.45) is 17.4 Å². The number of nitrogens with zero attached hydrogens (tertiary/aromatic N) is 2. The number of unbranched alkanes of at least 4 members (excludes halogenated alkanes) is 10. The van der Waals surface area contributed by atoms with Gasteiger partial charge in [-0.1, -0.05) is 91.0 Å². The van der Waals surface area contributed by atoms with Crippen LogP contribution >= 0.6 is 0 Å². The van der Waals surface area contributed by atoms with E-state index in [2.05, 4.69) is 65.4 Å². The number of carbonyl (C=O) groups excluding carboxylic acids is 15. The zero-order chi connectivity index (χ0) is 87.0. The second kappa shape index (κ2) is 48.7. The number of aliphatic hydroxyl groups excluding tert-OH is 7. The zero-order valence-corrected chi connectivity index (χ0v) is 67.0. The first-order valence-electron chi connectivity index (χ1n) is 39.5. The Morgan fingerprint density at radius 3 is 1.67 bits per heavy atom. The fourth-order valence-corrected chi connectivity index (χ4v) is 13.4. The van der Waals surface area contributed by atoms with E-state index in [1.54, 1.807) is 0 Å². The van der Waals surface area contributed by atoms with E-state index in [0.717, 1.165) is 103 Å². The van der Waals surface area contributed by atoms with Crippen LogP contribution in [0.25, 0.3) is 0 Å². The molecule has 0 saturated carbocycles. The molecule has 19 atom stereocenters. The molecule has 24 N–H and O–H groups in total. The monoisotopic (exact) mass is 1650 g/mol. The minimum Gasteiger partial charge on any atom is -0.506 e. The van der Waals surface area contributed by atoms with Crippen LogP contribution in [0.3, 0.4) is 0 Å². The number of aromatic hydroxyl groups is 1. The summed E-state index contributed by atoms with van der Waals surface area (Å²) in [4.78, 5) is 224. The predicted molar refractivity (Wildman–Crippen MR) is 411 cm³/mol. The van der Waals surface area contributed by atoms with Crippen LogP contribution in [0.15, 0.2) is 18.2 Å². The number of phenols is 1. The Hall–Kier alpha value is -9.78. The number of carboxylic acids is 1. The summed E-state index contributed by atoms with van der Waals surface area (Å²) in [6, 6.07) is -17.0. The highest BCUT2D eigenvalue weighted by atomic mass is 16.5. The molecule has 3 fully saturated rings. The second-order valence-electron chi connectivity index (χ2n) is 30.3. The Labute approximate surface area is 672 Å². The summed E-state index contributed by atoms with van der Waals surface area (Å²) in [5.41, 5.74) is 11.0. The highest BCUT2D eigenvalue weighted by Crippen LogP contribution is 2.28. The number of nitrogens with two attached hydrogens (primary N) is 2. The Kier molecular flexibility index (Phi) is 41.4. The van der Waals surface area contributed by atoms with Crippen LogP contribution in [0, 0.1) is 5.92 Å². The lowest BCUT2D eigenvalue weighted by Gasteiger charge is -2.34. The van der Waals surface area contributed by atoms with Crippen molar-refractivity contribution in [3.05, 3.63) is 23.8 Å². The number of phenolic OH excluding ortho intramolecular Hbond substituents is 1. The van der Waals surface area contributed by atoms with Gasteiger partial charge in [0.05, 0.1) is 74.2 Å². The number of aliphatic carboxylic acids is 1.